The van der Waals surface area contributed by atoms with Crippen molar-refractivity contribution in [2.45, 2.75) is 24.5 Å². The van der Waals surface area contributed by atoms with Gasteiger partial charge >= 0.3 is 0 Å². The van der Waals surface area contributed by atoms with E-state index in [0.717, 1.165) is 13.1 Å². The van der Waals surface area contributed by atoms with Gasteiger partial charge in [-0.25, -0.2) is 4.99 Å². The van der Waals surface area contributed by atoms with Crippen LogP contribution in [0.5, 0.6) is 5.75 Å². The summed E-state index contributed by atoms with van der Waals surface area (Å²) in [5, 5.41) is 16.8. The summed E-state index contributed by atoms with van der Waals surface area (Å²) in [5.41, 5.74) is 9.89. The molecule has 2 heterocycles. The van der Waals surface area contributed by atoms with E-state index < -0.39 is 11.6 Å². The molecule has 0 spiro atoms. The Morgan fingerprint density at radius 3 is 2.67 bits per heavy atom. The zero-order chi connectivity index (χ0) is 31.6. The van der Waals surface area contributed by atoms with Gasteiger partial charge in [-0.1, -0.05) is 58.6 Å². The lowest BCUT2D eigenvalue weighted by atomic mass is 9.81. The highest BCUT2D eigenvalue weighted by Gasteiger charge is 2.54. The van der Waals surface area contributed by atoms with E-state index in [0.29, 0.717) is 77.5 Å². The van der Waals surface area contributed by atoms with Crippen LogP contribution >= 0.6 is 23.2 Å². The SMILES string of the molecule is [N-]=[N+]=Nc1ccccc1C[C@@]1(C(=O)NCCN2CCOCC2)N=C(c2ccc(OCCCO)cc2)O[C@@H]1c1ccc(Cl)cc1Cl. The Labute approximate surface area is 271 Å². The molecule has 0 aliphatic carbocycles. The van der Waals surface area contributed by atoms with Gasteiger partial charge in [0.2, 0.25) is 5.90 Å². The summed E-state index contributed by atoms with van der Waals surface area (Å²) in [4.78, 5) is 24.7. The van der Waals surface area contributed by atoms with Crippen molar-refractivity contribution in [3.63, 3.8) is 0 Å². The van der Waals surface area contributed by atoms with E-state index in [9.17, 15) is 10.3 Å². The first-order valence-corrected chi connectivity index (χ1v) is 15.5. The lowest BCUT2D eigenvalue weighted by Crippen LogP contribution is -2.51. The summed E-state index contributed by atoms with van der Waals surface area (Å²) in [6.45, 7) is 4.31. The Hall–Kier alpha value is -3.83. The molecule has 45 heavy (non-hydrogen) atoms. The fourth-order valence-electron chi connectivity index (χ4n) is 5.38. The number of azide groups is 1. The van der Waals surface area contributed by atoms with Gasteiger partial charge in [0.15, 0.2) is 11.6 Å². The molecular weight excluding hydrogens is 619 g/mol. The van der Waals surface area contributed by atoms with E-state index in [-0.39, 0.29) is 24.8 Å². The maximum absolute atomic E-state index is 14.5. The summed E-state index contributed by atoms with van der Waals surface area (Å²) in [5.74, 6) is 0.512. The molecular formula is C32H34Cl2N6O5. The Morgan fingerprint density at radius 2 is 1.93 bits per heavy atom. The van der Waals surface area contributed by atoms with Crippen LogP contribution in [0.15, 0.2) is 76.8 Å². The normalized spacial score (nSPS) is 19.7. The Kier molecular flexibility index (Phi) is 11.2. The number of amides is 1. The van der Waals surface area contributed by atoms with Crippen molar-refractivity contribution in [2.75, 3.05) is 52.6 Å². The van der Waals surface area contributed by atoms with Crippen molar-refractivity contribution >= 4 is 40.7 Å². The molecule has 13 heteroatoms. The molecule has 0 aromatic heterocycles. The number of nitrogens with zero attached hydrogens (tertiary/aromatic N) is 5. The Bertz CT molecular complexity index is 1560. The number of nitrogens with one attached hydrogen (secondary N) is 1. The molecule has 5 rings (SSSR count). The minimum atomic E-state index is -1.53. The molecule has 2 atom stereocenters. The van der Waals surface area contributed by atoms with E-state index in [1.807, 2.05) is 6.07 Å². The molecule has 3 aromatic rings. The second-order valence-corrected chi connectivity index (χ2v) is 11.5. The summed E-state index contributed by atoms with van der Waals surface area (Å²) in [6.07, 6.45) is -0.372. The Morgan fingerprint density at radius 1 is 1.16 bits per heavy atom. The van der Waals surface area contributed by atoms with Crippen molar-refractivity contribution in [3.05, 3.63) is 104 Å². The topological polar surface area (TPSA) is 141 Å². The number of carbonyl (C=O) groups excluding carboxylic acids is 1. The lowest BCUT2D eigenvalue weighted by Gasteiger charge is -2.32. The van der Waals surface area contributed by atoms with Gasteiger partial charge in [-0.2, -0.15) is 0 Å². The third-order valence-electron chi connectivity index (χ3n) is 7.70. The summed E-state index contributed by atoms with van der Waals surface area (Å²) >= 11 is 13.0. The molecule has 236 valence electrons. The zero-order valence-corrected chi connectivity index (χ0v) is 26.1. The number of aliphatic hydroxyl groups is 1. The van der Waals surface area contributed by atoms with Crippen molar-refractivity contribution in [1.29, 1.82) is 0 Å². The number of halogens is 2. The van der Waals surface area contributed by atoms with E-state index in [4.69, 9.17) is 47.5 Å². The number of carbonyl (C=O) groups is 1. The van der Waals surface area contributed by atoms with Gasteiger partial charge in [-0.05, 0) is 47.5 Å². The highest BCUT2D eigenvalue weighted by Crippen LogP contribution is 2.46. The van der Waals surface area contributed by atoms with Crippen LogP contribution in [0, 0.1) is 0 Å². The largest absolute Gasteiger partial charge is 0.494 e. The minimum Gasteiger partial charge on any atom is -0.494 e. The summed E-state index contributed by atoms with van der Waals surface area (Å²) < 4.78 is 17.7. The molecule has 3 aromatic carbocycles. The van der Waals surface area contributed by atoms with Gasteiger partial charge in [-0.15, -0.1) is 0 Å². The van der Waals surface area contributed by atoms with Crippen LogP contribution in [0.1, 0.15) is 29.2 Å². The van der Waals surface area contributed by atoms with Crippen molar-refractivity contribution in [2.24, 2.45) is 10.1 Å². The third kappa shape index (κ3) is 7.88. The molecule has 0 unspecified atom stereocenters. The van der Waals surface area contributed by atoms with Crippen LogP contribution in [-0.2, 0) is 20.7 Å². The molecule has 1 saturated heterocycles. The molecule has 0 bridgehead atoms. The molecule has 1 amide bonds. The van der Waals surface area contributed by atoms with E-state index >= 15 is 0 Å². The van der Waals surface area contributed by atoms with Crippen LogP contribution < -0.4 is 10.1 Å². The number of hydrogen-bond donors (Lipinski definition) is 2. The fourth-order valence-corrected chi connectivity index (χ4v) is 5.88. The predicted molar refractivity (Wildman–Crippen MR) is 172 cm³/mol. The van der Waals surface area contributed by atoms with Gasteiger partial charge in [0.1, 0.15) is 5.75 Å². The third-order valence-corrected chi connectivity index (χ3v) is 8.26. The van der Waals surface area contributed by atoms with Gasteiger partial charge in [0.05, 0.1) is 19.8 Å². The van der Waals surface area contributed by atoms with Crippen LogP contribution in [0.2, 0.25) is 10.0 Å². The maximum atomic E-state index is 14.5. The standard InChI is InChI=1S/C32H34Cl2N6O5/c33-24-8-11-26(27(34)20-24)29-32(21-23-4-1-2-5-28(23)38-39-35,31(42)36-12-13-40-14-18-43-19-15-40)37-30(45-29)22-6-9-25(10-7-22)44-17-3-16-41/h1-2,4-11,20,29,41H,3,12-19,21H2,(H,36,42)/t29-,32-/m1/s1. The number of benzene rings is 3. The number of rotatable bonds is 13. The minimum absolute atomic E-state index is 0.0385. The zero-order valence-electron chi connectivity index (χ0n) is 24.6. The second-order valence-electron chi connectivity index (χ2n) is 10.7. The molecule has 0 radical (unpaired) electrons. The molecule has 0 saturated carbocycles. The molecule has 1 fully saturated rings. The highest BCUT2D eigenvalue weighted by molar-refractivity contribution is 6.35. The molecule has 2 aliphatic heterocycles. The Balaban J connectivity index is 1.56. The van der Waals surface area contributed by atoms with Crippen molar-refractivity contribution in [3.8, 4) is 5.75 Å². The number of aliphatic imine (C=N–C) groups is 1. The van der Waals surface area contributed by atoms with E-state index in [1.54, 1.807) is 60.7 Å². The van der Waals surface area contributed by atoms with Gasteiger partial charge in [-0.3, -0.25) is 9.69 Å². The fraction of sp³-hybridized carbons (Fsp3) is 0.375. The predicted octanol–water partition coefficient (Wildman–Crippen LogP) is 5.64. The molecule has 2 aliphatic rings. The van der Waals surface area contributed by atoms with Crippen molar-refractivity contribution < 1.29 is 24.1 Å². The first-order chi connectivity index (χ1) is 21.9. The molecule has 2 N–H and O–H groups in total. The monoisotopic (exact) mass is 652 g/mol. The van der Waals surface area contributed by atoms with Crippen molar-refractivity contribution in [1.82, 2.24) is 10.2 Å². The summed E-state index contributed by atoms with van der Waals surface area (Å²) in [7, 11) is 0. The van der Waals surface area contributed by atoms with E-state index in [2.05, 4.69) is 20.2 Å². The lowest BCUT2D eigenvalue weighted by molar-refractivity contribution is -0.129. The highest BCUT2D eigenvalue weighted by atomic mass is 35.5. The van der Waals surface area contributed by atoms with Crippen LogP contribution in [0.4, 0.5) is 5.69 Å². The number of aliphatic hydroxyl groups excluding tert-OH is 1. The van der Waals surface area contributed by atoms with Gasteiger partial charge < -0.3 is 24.6 Å². The van der Waals surface area contributed by atoms with Crippen LogP contribution in [0.3, 0.4) is 0 Å². The van der Waals surface area contributed by atoms with Crippen LogP contribution in [0.25, 0.3) is 10.4 Å². The van der Waals surface area contributed by atoms with Gasteiger partial charge in [0, 0.05) is 77.4 Å². The van der Waals surface area contributed by atoms with E-state index in [1.165, 1.54) is 0 Å². The quantitative estimate of drug-likeness (QED) is 0.106. The van der Waals surface area contributed by atoms with Gasteiger partial charge in [0.25, 0.3) is 5.91 Å². The number of ether oxygens (including phenoxy) is 3. The first kappa shape index (κ1) is 32.6. The number of hydrogen-bond acceptors (Lipinski definition) is 8. The smallest absolute Gasteiger partial charge is 0.252 e. The maximum Gasteiger partial charge on any atom is 0.252 e. The summed E-state index contributed by atoms with van der Waals surface area (Å²) in [6, 6.07) is 19.3. The second kappa shape index (κ2) is 15.4. The number of morpholine rings is 1. The average Bonchev–Trinajstić information content (AvgIpc) is 3.43. The molecule has 11 nitrogen and oxygen atoms in total. The van der Waals surface area contributed by atoms with Crippen LogP contribution in [-0.4, -0.2) is 80.0 Å². The average molecular weight is 654 g/mol. The first-order valence-electron chi connectivity index (χ1n) is 14.7.